The lowest BCUT2D eigenvalue weighted by Crippen LogP contribution is -2.42. The summed E-state index contributed by atoms with van der Waals surface area (Å²) in [6.45, 7) is 10.3. The average Bonchev–Trinajstić information content (AvgIpc) is 2.76. The van der Waals surface area contributed by atoms with Gasteiger partial charge in [-0.3, -0.25) is 4.79 Å². The number of hydrogen-bond acceptors (Lipinski definition) is 7. The van der Waals surface area contributed by atoms with E-state index in [1.54, 1.807) is 6.07 Å². The Bertz CT molecular complexity index is 1360. The van der Waals surface area contributed by atoms with E-state index < -0.39 is 15.9 Å². The Labute approximate surface area is 205 Å². The number of carbonyl (C=O) groups is 1. The van der Waals surface area contributed by atoms with E-state index in [0.717, 1.165) is 16.7 Å². The quantitative estimate of drug-likeness (QED) is 0.553. The lowest BCUT2D eigenvalue weighted by molar-refractivity contribution is 0.0898. The minimum absolute atomic E-state index is 0.00474. The molecule has 1 amide bonds. The molecule has 4 bridgehead atoms. The van der Waals surface area contributed by atoms with Gasteiger partial charge in [0.1, 0.15) is 12.3 Å². The number of carbonyl (C=O) groups excluding carboxylic acids is 1. The Kier molecular flexibility index (Phi) is 6.50. The van der Waals surface area contributed by atoms with Crippen LogP contribution in [0.3, 0.4) is 0 Å². The fourth-order valence-electron chi connectivity index (χ4n) is 4.09. The van der Waals surface area contributed by atoms with Crippen LogP contribution in [0.2, 0.25) is 0 Å². The van der Waals surface area contributed by atoms with Gasteiger partial charge < -0.3 is 10.1 Å². The van der Waals surface area contributed by atoms with Crippen LogP contribution in [0.4, 0.5) is 5.95 Å². The Morgan fingerprint density at radius 3 is 2.37 bits per heavy atom. The molecule has 0 unspecified atom stereocenters. The molecule has 2 aromatic heterocycles. The van der Waals surface area contributed by atoms with Crippen LogP contribution in [0.25, 0.3) is 11.3 Å². The highest BCUT2D eigenvalue weighted by Crippen LogP contribution is 2.30. The SMILES string of the molecule is Cc1cccc(C)c1-c1cc2nc(n1)NS(=O)(=O)c1cccc(n1)C(=O)N[C@H](CC(C)(C)C)CO2. The number of pyridine rings is 1. The molecule has 0 spiro atoms. The lowest BCUT2D eigenvalue weighted by atomic mass is 9.88. The molecular formula is C25H29N5O4S. The van der Waals surface area contributed by atoms with Gasteiger partial charge >= 0.3 is 0 Å². The van der Waals surface area contributed by atoms with E-state index in [1.807, 2.05) is 32.0 Å². The number of fused-ring (bicyclic) bond motifs is 4. The van der Waals surface area contributed by atoms with Gasteiger partial charge in [0.25, 0.3) is 15.9 Å². The Hall–Kier alpha value is -3.53. The minimum atomic E-state index is -4.17. The molecule has 0 radical (unpaired) electrons. The molecule has 1 aliphatic heterocycles. The van der Waals surface area contributed by atoms with Crippen molar-refractivity contribution < 1.29 is 17.9 Å². The van der Waals surface area contributed by atoms with Gasteiger partial charge in [0, 0.05) is 11.6 Å². The number of aryl methyl sites for hydroxylation is 2. The highest BCUT2D eigenvalue weighted by atomic mass is 32.2. The summed E-state index contributed by atoms with van der Waals surface area (Å²) >= 11 is 0. The largest absolute Gasteiger partial charge is 0.475 e. The summed E-state index contributed by atoms with van der Waals surface area (Å²) in [5.74, 6) is -0.422. The van der Waals surface area contributed by atoms with Gasteiger partial charge in [0.05, 0.1) is 11.7 Å². The fourth-order valence-corrected chi connectivity index (χ4v) is 5.00. The number of nitrogens with zero attached hydrogens (tertiary/aromatic N) is 3. The zero-order valence-corrected chi connectivity index (χ0v) is 21.2. The number of sulfonamides is 1. The second-order valence-corrected chi connectivity index (χ2v) is 11.5. The molecule has 0 saturated carbocycles. The smallest absolute Gasteiger partial charge is 0.281 e. The fraction of sp³-hybridized carbons (Fsp3) is 0.360. The van der Waals surface area contributed by atoms with Crippen molar-refractivity contribution >= 4 is 21.9 Å². The van der Waals surface area contributed by atoms with E-state index in [2.05, 4.69) is 45.8 Å². The van der Waals surface area contributed by atoms with Crippen molar-refractivity contribution in [3.8, 4) is 17.1 Å². The monoisotopic (exact) mass is 495 g/mol. The Morgan fingerprint density at radius 2 is 1.69 bits per heavy atom. The normalized spacial score (nSPS) is 17.6. The van der Waals surface area contributed by atoms with E-state index in [4.69, 9.17) is 4.74 Å². The minimum Gasteiger partial charge on any atom is -0.475 e. The molecule has 9 nitrogen and oxygen atoms in total. The number of ether oxygens (including phenoxy) is 1. The van der Waals surface area contributed by atoms with Gasteiger partial charge in [-0.05, 0) is 48.9 Å². The maximum atomic E-state index is 13.1. The summed E-state index contributed by atoms with van der Waals surface area (Å²) in [5, 5.41) is 2.63. The first-order valence-electron chi connectivity index (χ1n) is 11.3. The van der Waals surface area contributed by atoms with Crippen molar-refractivity contribution in [1.29, 1.82) is 0 Å². The topological polar surface area (TPSA) is 123 Å². The summed E-state index contributed by atoms with van der Waals surface area (Å²) in [6.07, 6.45) is 0.622. The van der Waals surface area contributed by atoms with E-state index >= 15 is 0 Å². The molecule has 35 heavy (non-hydrogen) atoms. The third-order valence-corrected chi connectivity index (χ3v) is 6.75. The van der Waals surface area contributed by atoms with E-state index in [1.165, 1.54) is 18.2 Å². The highest BCUT2D eigenvalue weighted by Gasteiger charge is 2.26. The van der Waals surface area contributed by atoms with Crippen molar-refractivity contribution in [2.24, 2.45) is 5.41 Å². The zero-order chi connectivity index (χ0) is 25.4. The lowest BCUT2D eigenvalue weighted by Gasteiger charge is -2.26. The van der Waals surface area contributed by atoms with Crippen LogP contribution in [-0.2, 0) is 10.0 Å². The van der Waals surface area contributed by atoms with Crippen LogP contribution >= 0.6 is 0 Å². The van der Waals surface area contributed by atoms with Crippen molar-refractivity contribution in [3.05, 3.63) is 59.3 Å². The van der Waals surface area contributed by atoms with Gasteiger partial charge in [0.15, 0.2) is 5.03 Å². The molecule has 1 aromatic carbocycles. The number of nitrogens with one attached hydrogen (secondary N) is 2. The Balaban J connectivity index is 1.86. The maximum Gasteiger partial charge on any atom is 0.281 e. The standard InChI is InChI=1S/C25H29N5O4S/c1-15-8-6-9-16(2)22(15)19-12-20-29-24(28-19)30-35(32,33)21-11-7-10-18(27-21)23(31)26-17(14-34-20)13-25(3,4)5/h6-12,17H,13-14H2,1-5H3,(H,26,31)(H,28,29,30)/t17-/m1/s1. The van der Waals surface area contributed by atoms with Gasteiger partial charge in [-0.2, -0.15) is 13.4 Å². The van der Waals surface area contributed by atoms with Crippen molar-refractivity contribution in [2.75, 3.05) is 11.3 Å². The molecule has 0 aliphatic carbocycles. The number of rotatable bonds is 2. The summed E-state index contributed by atoms with van der Waals surface area (Å²) in [5.41, 5.74) is 3.24. The number of aromatic nitrogens is 3. The third kappa shape index (κ3) is 5.76. The molecule has 1 aliphatic rings. The van der Waals surface area contributed by atoms with E-state index in [-0.39, 0.29) is 40.6 Å². The number of benzene rings is 1. The van der Waals surface area contributed by atoms with Crippen LogP contribution in [-0.4, -0.2) is 41.9 Å². The third-order valence-electron chi connectivity index (χ3n) is 5.52. The zero-order valence-electron chi connectivity index (χ0n) is 20.4. The first-order chi connectivity index (χ1) is 16.4. The van der Waals surface area contributed by atoms with Crippen LogP contribution in [0.1, 0.15) is 48.8 Å². The first kappa shape index (κ1) is 24.6. The maximum absolute atomic E-state index is 13.1. The molecule has 3 aromatic rings. The molecule has 0 fully saturated rings. The van der Waals surface area contributed by atoms with Gasteiger partial charge in [0.2, 0.25) is 11.8 Å². The second kappa shape index (κ2) is 9.26. The summed E-state index contributed by atoms with van der Waals surface area (Å²) < 4.78 is 34.6. The Morgan fingerprint density at radius 1 is 1.00 bits per heavy atom. The van der Waals surface area contributed by atoms with Crippen LogP contribution in [0.5, 0.6) is 5.88 Å². The molecule has 184 valence electrons. The van der Waals surface area contributed by atoms with Gasteiger partial charge in [-0.1, -0.05) is 45.0 Å². The van der Waals surface area contributed by atoms with Crippen LogP contribution < -0.4 is 14.8 Å². The molecule has 3 heterocycles. The number of amides is 1. The molecule has 4 rings (SSSR count). The number of anilines is 1. The summed E-state index contributed by atoms with van der Waals surface area (Å²) in [4.78, 5) is 25.8. The predicted octanol–water partition coefficient (Wildman–Crippen LogP) is 3.88. The summed E-state index contributed by atoms with van der Waals surface area (Å²) in [6, 6.07) is 11.5. The molecule has 10 heteroatoms. The highest BCUT2D eigenvalue weighted by molar-refractivity contribution is 7.92. The van der Waals surface area contributed by atoms with Gasteiger partial charge in [-0.15, -0.1) is 0 Å². The predicted molar refractivity (Wildman–Crippen MR) is 133 cm³/mol. The van der Waals surface area contributed by atoms with E-state index in [9.17, 15) is 13.2 Å². The van der Waals surface area contributed by atoms with Gasteiger partial charge in [-0.25, -0.2) is 14.7 Å². The van der Waals surface area contributed by atoms with Crippen LogP contribution in [0, 0.1) is 19.3 Å². The van der Waals surface area contributed by atoms with E-state index in [0.29, 0.717) is 12.1 Å². The second-order valence-electron chi connectivity index (χ2n) is 9.89. The van der Waals surface area contributed by atoms with Crippen LogP contribution in [0.15, 0.2) is 47.5 Å². The number of hydrogen-bond donors (Lipinski definition) is 2. The molecule has 2 N–H and O–H groups in total. The summed E-state index contributed by atoms with van der Waals surface area (Å²) in [7, 11) is -4.17. The molecule has 0 saturated heterocycles. The van der Waals surface area contributed by atoms with Crippen molar-refractivity contribution in [1.82, 2.24) is 20.3 Å². The average molecular weight is 496 g/mol. The first-order valence-corrected chi connectivity index (χ1v) is 12.8. The molecule has 1 atom stereocenters. The van der Waals surface area contributed by atoms with Crippen molar-refractivity contribution in [3.63, 3.8) is 0 Å². The molecular weight excluding hydrogens is 466 g/mol. The van der Waals surface area contributed by atoms with Crippen molar-refractivity contribution in [2.45, 2.75) is 52.1 Å².